The molecule has 0 atom stereocenters. The monoisotopic (exact) mass is 191 g/mol. The van der Waals surface area contributed by atoms with Crippen molar-refractivity contribution in [1.29, 1.82) is 0 Å². The molecule has 0 N–H and O–H groups in total. The molecule has 0 saturated heterocycles. The minimum absolute atomic E-state index is 0.279. The molecule has 1 aromatic carbocycles. The van der Waals surface area contributed by atoms with Gasteiger partial charge in [-0.05, 0) is 31.5 Å². The number of nitrogens with zero attached hydrogens (tertiary/aromatic N) is 3. The fraction of sp³-hybridized carbons (Fsp3) is 0.200. The van der Waals surface area contributed by atoms with Crippen LogP contribution in [0.4, 0.5) is 4.39 Å². The van der Waals surface area contributed by atoms with E-state index in [-0.39, 0.29) is 5.82 Å². The van der Waals surface area contributed by atoms with Crippen LogP contribution in [-0.4, -0.2) is 15.0 Å². The maximum Gasteiger partial charge on any atom is 0.149 e. The smallest absolute Gasteiger partial charge is 0.149 e. The van der Waals surface area contributed by atoms with Crippen LogP contribution in [0, 0.1) is 19.7 Å². The standard InChI is InChI=1S/C10H10FN3/c1-7-3-4-10(9(11)5-7)14-8(2)6-12-13-14/h3-6H,1-2H3. The van der Waals surface area contributed by atoms with Crippen molar-refractivity contribution in [3.8, 4) is 5.69 Å². The normalized spacial score (nSPS) is 10.5. The number of hydrogen-bond acceptors (Lipinski definition) is 2. The van der Waals surface area contributed by atoms with Gasteiger partial charge in [0.05, 0.1) is 11.9 Å². The van der Waals surface area contributed by atoms with Gasteiger partial charge in [-0.15, -0.1) is 5.10 Å². The van der Waals surface area contributed by atoms with E-state index in [2.05, 4.69) is 10.3 Å². The predicted octanol–water partition coefficient (Wildman–Crippen LogP) is 2.02. The first-order valence-corrected chi connectivity index (χ1v) is 4.32. The predicted molar refractivity (Wildman–Crippen MR) is 50.8 cm³/mol. The average molecular weight is 191 g/mol. The van der Waals surface area contributed by atoms with Crippen LogP contribution in [0.15, 0.2) is 24.4 Å². The molecule has 3 nitrogen and oxygen atoms in total. The number of aryl methyl sites for hydroxylation is 2. The van der Waals surface area contributed by atoms with Gasteiger partial charge in [-0.1, -0.05) is 11.3 Å². The Labute approximate surface area is 81.2 Å². The van der Waals surface area contributed by atoms with E-state index >= 15 is 0 Å². The molecule has 72 valence electrons. The van der Waals surface area contributed by atoms with E-state index in [9.17, 15) is 4.39 Å². The molecule has 2 aromatic rings. The quantitative estimate of drug-likeness (QED) is 0.690. The van der Waals surface area contributed by atoms with Crippen molar-refractivity contribution in [2.75, 3.05) is 0 Å². The topological polar surface area (TPSA) is 30.7 Å². The minimum Gasteiger partial charge on any atom is -0.215 e. The number of hydrogen-bond donors (Lipinski definition) is 0. The summed E-state index contributed by atoms with van der Waals surface area (Å²) in [5.74, 6) is -0.279. The van der Waals surface area contributed by atoms with Gasteiger partial charge in [0.1, 0.15) is 11.5 Å². The van der Waals surface area contributed by atoms with Gasteiger partial charge in [-0.3, -0.25) is 0 Å². The van der Waals surface area contributed by atoms with Crippen LogP contribution < -0.4 is 0 Å². The summed E-state index contributed by atoms with van der Waals surface area (Å²) in [6.45, 7) is 3.68. The molecule has 0 aliphatic rings. The Balaban J connectivity index is 2.58. The zero-order chi connectivity index (χ0) is 10.1. The molecule has 0 bridgehead atoms. The van der Waals surface area contributed by atoms with Crippen LogP contribution in [0.25, 0.3) is 5.69 Å². The van der Waals surface area contributed by atoms with Crippen molar-refractivity contribution in [3.05, 3.63) is 41.5 Å². The lowest BCUT2D eigenvalue weighted by Crippen LogP contribution is -2.02. The van der Waals surface area contributed by atoms with E-state index in [1.807, 2.05) is 19.9 Å². The molecule has 0 radical (unpaired) electrons. The van der Waals surface area contributed by atoms with Gasteiger partial charge < -0.3 is 0 Å². The highest BCUT2D eigenvalue weighted by molar-refractivity contribution is 5.36. The average Bonchev–Trinajstić information content (AvgIpc) is 2.52. The van der Waals surface area contributed by atoms with Gasteiger partial charge in [0, 0.05) is 0 Å². The lowest BCUT2D eigenvalue weighted by atomic mass is 10.2. The van der Waals surface area contributed by atoms with Crippen LogP contribution in [-0.2, 0) is 0 Å². The molecule has 0 unspecified atom stereocenters. The Morgan fingerprint density at radius 1 is 1.29 bits per heavy atom. The molecule has 0 saturated carbocycles. The number of halogens is 1. The summed E-state index contributed by atoms with van der Waals surface area (Å²) >= 11 is 0. The van der Waals surface area contributed by atoms with Gasteiger partial charge in [0.2, 0.25) is 0 Å². The number of benzene rings is 1. The summed E-state index contributed by atoms with van der Waals surface area (Å²) in [6, 6.07) is 5.03. The Morgan fingerprint density at radius 3 is 2.64 bits per heavy atom. The van der Waals surface area contributed by atoms with E-state index in [4.69, 9.17) is 0 Å². The van der Waals surface area contributed by atoms with Crippen molar-refractivity contribution in [1.82, 2.24) is 15.0 Å². The fourth-order valence-corrected chi connectivity index (χ4v) is 1.31. The minimum atomic E-state index is -0.279. The molecule has 0 spiro atoms. The number of rotatable bonds is 1. The summed E-state index contributed by atoms with van der Waals surface area (Å²) in [5.41, 5.74) is 2.14. The largest absolute Gasteiger partial charge is 0.215 e. The lowest BCUT2D eigenvalue weighted by Gasteiger charge is -2.04. The molecular weight excluding hydrogens is 181 g/mol. The fourth-order valence-electron chi connectivity index (χ4n) is 1.31. The highest BCUT2D eigenvalue weighted by Crippen LogP contribution is 2.14. The summed E-state index contributed by atoms with van der Waals surface area (Å²) in [7, 11) is 0. The molecule has 0 amide bonds. The van der Waals surface area contributed by atoms with Crippen LogP contribution in [0.1, 0.15) is 11.3 Å². The van der Waals surface area contributed by atoms with Crippen molar-refractivity contribution in [2.45, 2.75) is 13.8 Å². The molecule has 4 heteroatoms. The maximum absolute atomic E-state index is 13.5. The first-order chi connectivity index (χ1) is 6.68. The molecule has 14 heavy (non-hydrogen) atoms. The number of aromatic nitrogens is 3. The van der Waals surface area contributed by atoms with Gasteiger partial charge in [-0.25, -0.2) is 9.07 Å². The summed E-state index contributed by atoms with van der Waals surface area (Å²) in [6.07, 6.45) is 1.60. The summed E-state index contributed by atoms with van der Waals surface area (Å²) in [4.78, 5) is 0. The highest BCUT2D eigenvalue weighted by atomic mass is 19.1. The van der Waals surface area contributed by atoms with E-state index < -0.39 is 0 Å². The van der Waals surface area contributed by atoms with Gasteiger partial charge in [0.15, 0.2) is 0 Å². The first kappa shape index (κ1) is 8.87. The van der Waals surface area contributed by atoms with Crippen LogP contribution in [0.5, 0.6) is 0 Å². The first-order valence-electron chi connectivity index (χ1n) is 4.32. The van der Waals surface area contributed by atoms with Crippen LogP contribution >= 0.6 is 0 Å². The van der Waals surface area contributed by atoms with E-state index in [0.29, 0.717) is 5.69 Å². The molecular formula is C10H10FN3. The van der Waals surface area contributed by atoms with Crippen LogP contribution in [0.2, 0.25) is 0 Å². The van der Waals surface area contributed by atoms with Gasteiger partial charge in [-0.2, -0.15) is 0 Å². The molecule has 1 heterocycles. The molecule has 2 rings (SSSR count). The second kappa shape index (κ2) is 3.21. The zero-order valence-corrected chi connectivity index (χ0v) is 8.03. The summed E-state index contributed by atoms with van der Waals surface area (Å²) < 4.78 is 15.0. The molecule has 0 aliphatic heterocycles. The van der Waals surface area contributed by atoms with Crippen molar-refractivity contribution in [3.63, 3.8) is 0 Å². The van der Waals surface area contributed by atoms with Crippen molar-refractivity contribution < 1.29 is 4.39 Å². The molecule has 0 fully saturated rings. The highest BCUT2D eigenvalue weighted by Gasteiger charge is 2.07. The third-order valence-corrected chi connectivity index (χ3v) is 2.05. The maximum atomic E-state index is 13.5. The lowest BCUT2D eigenvalue weighted by molar-refractivity contribution is 0.603. The second-order valence-corrected chi connectivity index (χ2v) is 3.24. The SMILES string of the molecule is Cc1ccc(-n2nncc2C)c(F)c1. The Hall–Kier alpha value is -1.71. The molecule has 1 aromatic heterocycles. The van der Waals surface area contributed by atoms with Crippen molar-refractivity contribution in [2.24, 2.45) is 0 Å². The Bertz CT molecular complexity index is 462. The second-order valence-electron chi connectivity index (χ2n) is 3.24. The third-order valence-electron chi connectivity index (χ3n) is 2.05. The Kier molecular flexibility index (Phi) is 2.04. The third kappa shape index (κ3) is 1.39. The zero-order valence-electron chi connectivity index (χ0n) is 8.03. The van der Waals surface area contributed by atoms with E-state index in [1.165, 1.54) is 10.7 Å². The van der Waals surface area contributed by atoms with E-state index in [1.54, 1.807) is 12.3 Å². The summed E-state index contributed by atoms with van der Waals surface area (Å²) in [5, 5.41) is 7.51. The Morgan fingerprint density at radius 2 is 2.07 bits per heavy atom. The molecule has 0 aliphatic carbocycles. The van der Waals surface area contributed by atoms with E-state index in [0.717, 1.165) is 11.3 Å². The van der Waals surface area contributed by atoms with Gasteiger partial charge >= 0.3 is 0 Å². The van der Waals surface area contributed by atoms with Crippen LogP contribution in [0.3, 0.4) is 0 Å². The van der Waals surface area contributed by atoms with Gasteiger partial charge in [0.25, 0.3) is 0 Å². The van der Waals surface area contributed by atoms with Crippen molar-refractivity contribution >= 4 is 0 Å².